The van der Waals surface area contributed by atoms with Gasteiger partial charge in [0.15, 0.2) is 11.3 Å². The van der Waals surface area contributed by atoms with Crippen LogP contribution >= 0.6 is 0 Å². The molecule has 2 aromatic heterocycles. The van der Waals surface area contributed by atoms with Crippen LogP contribution in [-0.4, -0.2) is 39.1 Å². The molecule has 0 aliphatic carbocycles. The van der Waals surface area contributed by atoms with E-state index in [1.807, 2.05) is 44.2 Å². The number of carbonyl (C=O) groups is 2. The van der Waals surface area contributed by atoms with Crippen LogP contribution in [0.5, 0.6) is 0 Å². The molecule has 4 rings (SSSR count). The molecule has 8 heteroatoms. The van der Waals surface area contributed by atoms with Gasteiger partial charge < -0.3 is 15.4 Å². The van der Waals surface area contributed by atoms with Crippen LogP contribution in [0.15, 0.2) is 36.4 Å². The van der Waals surface area contributed by atoms with Gasteiger partial charge in [0.2, 0.25) is 5.91 Å². The van der Waals surface area contributed by atoms with Crippen molar-refractivity contribution >= 4 is 23.1 Å². The Balaban J connectivity index is 1.56. The van der Waals surface area contributed by atoms with Crippen molar-refractivity contribution < 1.29 is 14.3 Å². The maximum absolute atomic E-state index is 12.9. The molecule has 0 unspecified atom stereocenters. The lowest BCUT2D eigenvalue weighted by Crippen LogP contribution is -2.38. The number of fused-ring (bicyclic) bond motifs is 1. The first kappa shape index (κ1) is 20.0. The maximum atomic E-state index is 12.9. The number of carbonyl (C=O) groups excluding carboxylic acids is 2. The normalized spacial score (nSPS) is 18.9. The minimum absolute atomic E-state index is 0.0479. The summed E-state index contributed by atoms with van der Waals surface area (Å²) in [4.78, 5) is 28.8. The minimum Gasteiger partial charge on any atom is -0.373 e. The van der Waals surface area contributed by atoms with Gasteiger partial charge in [0, 0.05) is 48.3 Å². The van der Waals surface area contributed by atoms with Crippen molar-refractivity contribution in [3.63, 3.8) is 0 Å². The van der Waals surface area contributed by atoms with Crippen molar-refractivity contribution in [1.29, 1.82) is 0 Å². The highest BCUT2D eigenvalue weighted by Gasteiger charge is 2.26. The number of para-hydroxylation sites is 1. The number of anilines is 1. The Hall–Kier alpha value is -3.26. The predicted octanol–water partition coefficient (Wildman–Crippen LogP) is 2.95. The number of amides is 2. The Bertz CT molecular complexity index is 1110. The van der Waals surface area contributed by atoms with E-state index in [-0.39, 0.29) is 24.0 Å². The van der Waals surface area contributed by atoms with Crippen LogP contribution in [0.2, 0.25) is 0 Å². The second-order valence-electron chi connectivity index (χ2n) is 7.66. The van der Waals surface area contributed by atoms with Crippen molar-refractivity contribution in [2.24, 2.45) is 0 Å². The summed E-state index contributed by atoms with van der Waals surface area (Å²) in [6.07, 6.45) is 1.22. The van der Waals surface area contributed by atoms with Crippen molar-refractivity contribution in [3.8, 4) is 0 Å². The van der Waals surface area contributed by atoms with E-state index in [9.17, 15) is 9.59 Å². The van der Waals surface area contributed by atoms with Crippen molar-refractivity contribution in [2.75, 3.05) is 11.9 Å². The average molecular weight is 407 g/mol. The molecule has 3 heterocycles. The van der Waals surface area contributed by atoms with Crippen molar-refractivity contribution in [2.45, 2.75) is 45.8 Å². The van der Waals surface area contributed by atoms with Crippen LogP contribution in [0.4, 0.5) is 5.69 Å². The Morgan fingerprint density at radius 1 is 1.20 bits per heavy atom. The number of aryl methyl sites for hydroxylation is 2. The highest BCUT2D eigenvalue weighted by molar-refractivity contribution is 6.04. The molecule has 2 atom stereocenters. The monoisotopic (exact) mass is 407 g/mol. The SMILES string of the molecule is CC(=O)N[C@@H]1CCO[C@H](c2ccccc2NC(=O)c2cc3nc(C)cc(C)n3n2)C1. The molecule has 30 heavy (non-hydrogen) atoms. The first-order valence-corrected chi connectivity index (χ1v) is 10.0. The fourth-order valence-electron chi connectivity index (χ4n) is 3.91. The van der Waals surface area contributed by atoms with Crippen LogP contribution in [0.3, 0.4) is 0 Å². The molecule has 2 amide bonds. The van der Waals surface area contributed by atoms with Gasteiger partial charge in [0.05, 0.1) is 6.10 Å². The van der Waals surface area contributed by atoms with Crippen LogP contribution in [0, 0.1) is 13.8 Å². The number of aromatic nitrogens is 3. The summed E-state index contributed by atoms with van der Waals surface area (Å²) in [5, 5.41) is 10.3. The van der Waals surface area contributed by atoms with E-state index in [0.29, 0.717) is 30.1 Å². The van der Waals surface area contributed by atoms with Gasteiger partial charge >= 0.3 is 0 Å². The Morgan fingerprint density at radius 3 is 2.80 bits per heavy atom. The minimum atomic E-state index is -0.306. The van der Waals surface area contributed by atoms with Gasteiger partial charge in [0.25, 0.3) is 5.91 Å². The third-order valence-corrected chi connectivity index (χ3v) is 5.21. The second-order valence-corrected chi connectivity index (χ2v) is 7.66. The van der Waals surface area contributed by atoms with Crippen LogP contribution in [0.25, 0.3) is 5.65 Å². The molecule has 8 nitrogen and oxygen atoms in total. The van der Waals surface area contributed by atoms with Crippen LogP contribution in [-0.2, 0) is 9.53 Å². The third kappa shape index (κ3) is 4.18. The second kappa shape index (κ2) is 8.23. The standard InChI is InChI=1S/C22H25N5O3/c1-13-10-14(2)27-21(23-13)12-19(26-27)22(29)25-18-7-5-4-6-17(18)20-11-16(8-9-30-20)24-15(3)28/h4-7,10,12,16,20H,8-9,11H2,1-3H3,(H,24,28)(H,25,29)/t16-,20+/m1/s1. The summed E-state index contributed by atoms with van der Waals surface area (Å²) in [6, 6.07) is 11.2. The highest BCUT2D eigenvalue weighted by Crippen LogP contribution is 2.33. The van der Waals surface area contributed by atoms with E-state index >= 15 is 0 Å². The summed E-state index contributed by atoms with van der Waals surface area (Å²) >= 11 is 0. The maximum Gasteiger partial charge on any atom is 0.276 e. The van der Waals surface area contributed by atoms with Gasteiger partial charge in [-0.1, -0.05) is 18.2 Å². The number of hydrogen-bond donors (Lipinski definition) is 2. The Morgan fingerprint density at radius 2 is 2.00 bits per heavy atom. The van der Waals surface area contributed by atoms with Gasteiger partial charge in [0.1, 0.15) is 0 Å². The van der Waals surface area contributed by atoms with Crippen molar-refractivity contribution in [1.82, 2.24) is 19.9 Å². The molecule has 3 aromatic rings. The molecule has 1 aromatic carbocycles. The smallest absolute Gasteiger partial charge is 0.276 e. The van der Waals surface area contributed by atoms with Crippen LogP contribution in [0.1, 0.15) is 53.3 Å². The van der Waals surface area contributed by atoms with Gasteiger partial charge in [-0.2, -0.15) is 5.10 Å². The fraction of sp³-hybridized carbons (Fsp3) is 0.364. The summed E-state index contributed by atoms with van der Waals surface area (Å²) in [7, 11) is 0. The zero-order valence-corrected chi connectivity index (χ0v) is 17.3. The number of nitrogens with zero attached hydrogens (tertiary/aromatic N) is 3. The first-order chi connectivity index (χ1) is 14.4. The van der Waals surface area contributed by atoms with E-state index in [0.717, 1.165) is 23.4 Å². The molecule has 0 radical (unpaired) electrons. The van der Waals surface area contributed by atoms with E-state index in [4.69, 9.17) is 4.74 Å². The molecular formula is C22H25N5O3. The quantitative estimate of drug-likeness (QED) is 0.693. The lowest BCUT2D eigenvalue weighted by atomic mass is 9.96. The Labute approximate surface area is 174 Å². The molecule has 1 aliphatic heterocycles. The lowest BCUT2D eigenvalue weighted by Gasteiger charge is -2.31. The molecule has 0 bridgehead atoms. The summed E-state index contributed by atoms with van der Waals surface area (Å²) < 4.78 is 7.61. The van der Waals surface area contributed by atoms with E-state index in [2.05, 4.69) is 20.7 Å². The van der Waals surface area contributed by atoms with Crippen molar-refractivity contribution in [3.05, 3.63) is 59.0 Å². The number of benzene rings is 1. The van der Waals surface area contributed by atoms with Gasteiger partial charge in [-0.25, -0.2) is 9.50 Å². The molecular weight excluding hydrogens is 382 g/mol. The third-order valence-electron chi connectivity index (χ3n) is 5.21. The number of hydrogen-bond acceptors (Lipinski definition) is 5. The lowest BCUT2D eigenvalue weighted by molar-refractivity contribution is -0.120. The van der Waals surface area contributed by atoms with E-state index < -0.39 is 0 Å². The van der Waals surface area contributed by atoms with E-state index in [1.54, 1.807) is 10.6 Å². The van der Waals surface area contributed by atoms with Gasteiger partial charge in [-0.15, -0.1) is 0 Å². The first-order valence-electron chi connectivity index (χ1n) is 10.0. The van der Waals surface area contributed by atoms with Gasteiger partial charge in [-0.3, -0.25) is 9.59 Å². The summed E-state index contributed by atoms with van der Waals surface area (Å²) in [5.41, 5.74) is 4.28. The molecule has 0 spiro atoms. The van der Waals surface area contributed by atoms with Gasteiger partial charge in [-0.05, 0) is 38.8 Å². The number of ether oxygens (including phenoxy) is 1. The number of rotatable bonds is 4. The average Bonchev–Trinajstić information content (AvgIpc) is 3.13. The topological polar surface area (TPSA) is 97.6 Å². The summed E-state index contributed by atoms with van der Waals surface area (Å²) in [6.45, 7) is 5.91. The fourth-order valence-corrected chi connectivity index (χ4v) is 3.91. The zero-order valence-electron chi connectivity index (χ0n) is 17.3. The molecule has 156 valence electrons. The van der Waals surface area contributed by atoms with E-state index in [1.165, 1.54) is 6.92 Å². The largest absolute Gasteiger partial charge is 0.373 e. The molecule has 1 saturated heterocycles. The highest BCUT2D eigenvalue weighted by atomic mass is 16.5. The summed E-state index contributed by atoms with van der Waals surface area (Å²) in [5.74, 6) is -0.354. The predicted molar refractivity (Wildman–Crippen MR) is 112 cm³/mol. The van der Waals surface area contributed by atoms with Crippen LogP contribution < -0.4 is 10.6 Å². The zero-order chi connectivity index (χ0) is 21.3. The molecule has 1 aliphatic rings. The molecule has 0 saturated carbocycles. The molecule has 2 N–H and O–H groups in total. The number of nitrogens with one attached hydrogen (secondary N) is 2. The molecule has 1 fully saturated rings. The Kier molecular flexibility index (Phi) is 5.50.